The van der Waals surface area contributed by atoms with Crippen molar-refractivity contribution in [3.63, 3.8) is 0 Å². The minimum absolute atomic E-state index is 0.119. The van der Waals surface area contributed by atoms with Gasteiger partial charge in [0.05, 0.1) is 25.1 Å². The second kappa shape index (κ2) is 27.7. The van der Waals surface area contributed by atoms with Gasteiger partial charge in [0.15, 0.2) is 6.04 Å². The van der Waals surface area contributed by atoms with Crippen molar-refractivity contribution in [3.05, 3.63) is 29.8 Å². The molecular formula is C38H64N10O16P+. The van der Waals surface area contributed by atoms with Crippen LogP contribution < -0.4 is 54.4 Å². The van der Waals surface area contributed by atoms with Crippen LogP contribution in [-0.2, 0) is 54.1 Å². The van der Waals surface area contributed by atoms with E-state index in [4.69, 9.17) is 31.9 Å². The molecule has 0 heterocycles. The number of aliphatic hydroxyl groups excluding tert-OH is 1. The number of phenolic OH excluding ortho intramolecular Hbond substituents is 1. The number of rotatable bonds is 29. The highest BCUT2D eigenvalue weighted by Gasteiger charge is 2.39. The Labute approximate surface area is 375 Å². The van der Waals surface area contributed by atoms with Crippen LogP contribution in [-0.4, -0.2) is 151 Å². The smallest absolute Gasteiger partial charge is 0.508 e. The molecule has 366 valence electrons. The fourth-order valence-electron chi connectivity index (χ4n) is 5.77. The lowest BCUT2D eigenvalue weighted by Gasteiger charge is -2.30. The summed E-state index contributed by atoms with van der Waals surface area (Å²) >= 11 is 0. The molecule has 0 aliphatic carbocycles. The number of unbranched alkanes of at least 4 members (excludes halogenated alkanes) is 1. The zero-order valence-electron chi connectivity index (χ0n) is 36.7. The maximum absolute atomic E-state index is 14.0. The third-order valence-electron chi connectivity index (χ3n) is 9.38. The summed E-state index contributed by atoms with van der Waals surface area (Å²) in [7, 11) is -4.91. The number of aromatic hydroxyl groups is 1. The Balaban J connectivity index is 3.32. The van der Waals surface area contributed by atoms with E-state index in [0.717, 1.165) is 6.92 Å². The lowest BCUT2D eigenvalue weighted by Crippen LogP contribution is -2.62. The molecule has 0 radical (unpaired) electrons. The quantitative estimate of drug-likeness (QED) is 0.0263. The van der Waals surface area contributed by atoms with E-state index in [1.54, 1.807) is 13.8 Å². The molecule has 1 rings (SSSR count). The predicted octanol–water partition coefficient (Wildman–Crippen LogP) is -5.26. The van der Waals surface area contributed by atoms with E-state index in [1.807, 2.05) is 5.32 Å². The van der Waals surface area contributed by atoms with Gasteiger partial charge in [0.25, 0.3) is 0 Å². The molecule has 0 unspecified atom stereocenters. The van der Waals surface area contributed by atoms with Crippen molar-refractivity contribution in [2.75, 3.05) is 19.7 Å². The normalized spacial score (nSPS) is 15.2. The summed E-state index contributed by atoms with van der Waals surface area (Å²) in [5.41, 5.74) is 17.1. The fraction of sp³-hybridized carbons (Fsp3) is 0.605. The molecule has 0 saturated carbocycles. The molecule has 0 aromatic heterocycles. The van der Waals surface area contributed by atoms with Crippen LogP contribution in [0, 0.1) is 11.8 Å². The average Bonchev–Trinajstić information content (AvgIpc) is 3.20. The number of carbonyl (C=O) groups is 9. The summed E-state index contributed by atoms with van der Waals surface area (Å²) in [5.74, 6) is -11.1. The number of phenols is 1. The van der Waals surface area contributed by atoms with E-state index in [2.05, 4.69) is 36.4 Å². The minimum Gasteiger partial charge on any atom is -0.508 e. The summed E-state index contributed by atoms with van der Waals surface area (Å²) in [5, 5.41) is 45.8. The third-order valence-corrected chi connectivity index (χ3v) is 9.88. The Morgan fingerprint density at radius 3 is 1.65 bits per heavy atom. The minimum atomic E-state index is -4.91. The molecular weight excluding hydrogens is 883 g/mol. The molecule has 0 saturated heterocycles. The van der Waals surface area contributed by atoms with E-state index in [-0.39, 0.29) is 12.2 Å². The number of amides is 8. The van der Waals surface area contributed by atoms with Crippen LogP contribution in [0.3, 0.4) is 0 Å². The van der Waals surface area contributed by atoms with Gasteiger partial charge in [-0.2, -0.15) is 19.2 Å². The summed E-state index contributed by atoms with van der Waals surface area (Å²) in [6.45, 7) is 5.82. The highest BCUT2D eigenvalue weighted by atomic mass is 31.2. The van der Waals surface area contributed by atoms with Crippen molar-refractivity contribution in [3.8, 4) is 5.75 Å². The van der Waals surface area contributed by atoms with Crippen molar-refractivity contribution >= 4 is 61.4 Å². The first kappa shape index (κ1) is 57.4. The predicted molar refractivity (Wildman–Crippen MR) is 230 cm³/mol. The molecule has 1 aromatic carbocycles. The number of aliphatic carboxylic acids is 1. The van der Waals surface area contributed by atoms with Crippen LogP contribution >= 0.6 is 8.17 Å². The SMILES string of the molecule is CC(C)[C@H](NC(=O)[C@H](Cc1ccc(O)cc1)NC(=O)[C@H](CC(N)=O)NC(=O)CNC(=O)[C@@H](N)CCCCN)C(=O)N[C@H](C(=O)N[C@H](C(=O)N[C@@H](CO[P+](O)(O)O)C(=O)O)[C@@H](C)O)C(C)C. The lowest BCUT2D eigenvalue weighted by atomic mass is 9.98. The molecule has 0 aliphatic heterocycles. The van der Waals surface area contributed by atoms with Crippen LogP contribution in [0.25, 0.3) is 0 Å². The first-order chi connectivity index (χ1) is 30.2. The van der Waals surface area contributed by atoms with Crippen molar-refractivity contribution in [1.82, 2.24) is 37.2 Å². The Bertz CT molecular complexity index is 1800. The molecule has 0 spiro atoms. The average molecular weight is 948 g/mol. The highest BCUT2D eigenvalue weighted by Crippen LogP contribution is 2.45. The number of carboxylic acids is 1. The number of nitrogens with two attached hydrogens (primary N) is 3. The summed E-state index contributed by atoms with van der Waals surface area (Å²) in [6, 6.07) is -5.35. The molecule has 19 N–H and O–H groups in total. The summed E-state index contributed by atoms with van der Waals surface area (Å²) < 4.78 is 4.27. The lowest BCUT2D eigenvalue weighted by molar-refractivity contribution is -0.144. The molecule has 0 fully saturated rings. The number of carbonyl (C=O) groups excluding carboxylic acids is 8. The molecule has 65 heavy (non-hydrogen) atoms. The van der Waals surface area contributed by atoms with Gasteiger partial charge in [-0.25, -0.2) is 4.79 Å². The first-order valence-corrected chi connectivity index (χ1v) is 22.0. The summed E-state index contributed by atoms with van der Waals surface area (Å²) in [4.78, 5) is 144. The largest absolute Gasteiger partial charge is 0.567 e. The van der Waals surface area contributed by atoms with Crippen LogP contribution in [0.4, 0.5) is 0 Å². The molecule has 27 heteroatoms. The fourth-order valence-corrected chi connectivity index (χ4v) is 6.12. The topological polar surface area (TPSA) is 447 Å². The standard InChI is InChI=1S/C38H63N10O16P/c1-18(2)29(35(56)47-30(19(3)4)36(57)48-31(20(5)49)37(58)45-26(38(59)60)17-64-65(61,62)63)46-34(55)24(14-21-9-11-22(50)12-10-21)44-33(54)25(15-27(41)51)43-28(52)16-42-32(53)23(40)8-6-7-13-39/h9-12,18-20,23-26,29-31,49,61-63H,6-8,13-17,39-40H2,1-5H3,(H10-,41,42,43,44,45,46,47,48,50,51,52,53,54,55,56,57,58,59,60)/p+1/t20-,23+,24+,25+,26+,29+,30+,31+/m1/s1. The van der Waals surface area contributed by atoms with Gasteiger partial charge in [0.2, 0.25) is 47.3 Å². The van der Waals surface area contributed by atoms with E-state index in [0.29, 0.717) is 31.4 Å². The number of nitrogens with one attached hydrogen (secondary N) is 7. The van der Waals surface area contributed by atoms with E-state index >= 15 is 0 Å². The van der Waals surface area contributed by atoms with Gasteiger partial charge in [-0.3, -0.25) is 38.4 Å². The monoisotopic (exact) mass is 947 g/mol. The van der Waals surface area contributed by atoms with E-state index in [1.165, 1.54) is 38.1 Å². The Morgan fingerprint density at radius 1 is 0.677 bits per heavy atom. The zero-order valence-corrected chi connectivity index (χ0v) is 37.6. The second-order valence-electron chi connectivity index (χ2n) is 15.7. The molecule has 8 amide bonds. The van der Waals surface area contributed by atoms with E-state index in [9.17, 15) is 58.5 Å². The van der Waals surface area contributed by atoms with Gasteiger partial charge in [-0.15, -0.1) is 0 Å². The summed E-state index contributed by atoms with van der Waals surface area (Å²) in [6.07, 6.45) is -1.18. The molecule has 26 nitrogen and oxygen atoms in total. The Morgan fingerprint density at radius 2 is 1.17 bits per heavy atom. The number of primary amides is 1. The molecule has 8 atom stereocenters. The van der Waals surface area contributed by atoms with Crippen LogP contribution in [0.5, 0.6) is 5.75 Å². The van der Waals surface area contributed by atoms with Gasteiger partial charge < -0.3 is 69.7 Å². The molecule has 0 bridgehead atoms. The Kier molecular flexibility index (Phi) is 24.4. The third kappa shape index (κ3) is 21.8. The Hall–Kier alpha value is -5.60. The number of carboxylic acid groups (broad SMARTS) is 1. The molecule has 1 aromatic rings. The number of aliphatic hydroxyl groups is 1. The zero-order chi connectivity index (χ0) is 49.8. The van der Waals surface area contributed by atoms with Crippen molar-refractivity contribution in [1.29, 1.82) is 0 Å². The molecule has 0 aliphatic rings. The van der Waals surface area contributed by atoms with Gasteiger partial charge in [0.1, 0.15) is 42.6 Å². The van der Waals surface area contributed by atoms with Gasteiger partial charge in [-0.05, 0) is 55.8 Å². The van der Waals surface area contributed by atoms with Crippen LogP contribution in [0.1, 0.15) is 65.9 Å². The maximum Gasteiger partial charge on any atom is 0.567 e. The van der Waals surface area contributed by atoms with Crippen molar-refractivity contribution < 1.29 is 77.7 Å². The van der Waals surface area contributed by atoms with Gasteiger partial charge >= 0.3 is 14.1 Å². The van der Waals surface area contributed by atoms with Gasteiger partial charge in [0, 0.05) is 6.42 Å². The van der Waals surface area contributed by atoms with Crippen molar-refractivity contribution in [2.45, 2.75) is 115 Å². The van der Waals surface area contributed by atoms with E-state index < -0.39 is 141 Å². The second-order valence-corrected chi connectivity index (χ2v) is 17.0. The van der Waals surface area contributed by atoms with Crippen LogP contribution in [0.2, 0.25) is 0 Å². The maximum atomic E-state index is 14.0. The number of benzene rings is 1. The van der Waals surface area contributed by atoms with Gasteiger partial charge in [-0.1, -0.05) is 46.2 Å². The van der Waals surface area contributed by atoms with Crippen LogP contribution in [0.15, 0.2) is 24.3 Å². The number of hydrogen-bond acceptors (Lipinski definition) is 17. The van der Waals surface area contributed by atoms with Crippen molar-refractivity contribution in [2.24, 2.45) is 29.0 Å². The highest BCUT2D eigenvalue weighted by molar-refractivity contribution is 7.53. The number of hydrogen-bond donors (Lipinski definition) is 16. The first-order valence-electron chi connectivity index (χ1n) is 20.4.